The molecule has 7 rings (SSSR count). The second-order valence-corrected chi connectivity index (χ2v) is 9.86. The van der Waals surface area contributed by atoms with Gasteiger partial charge in [-0.1, -0.05) is 109 Å². The van der Waals surface area contributed by atoms with Crippen molar-refractivity contribution in [1.82, 2.24) is 0 Å². The molecule has 0 unspecified atom stereocenters. The van der Waals surface area contributed by atoms with E-state index in [1.165, 1.54) is 43.8 Å². The standard InChI is InChI=1S/C38H27N/c1-3-15-34(16-4-1)39(35-17-5-2-6-18-35)36-23-21-29(22-24-36)37-26-31-13-9-10-14-32(31)27-38(37)33-20-19-28-11-7-8-12-30(28)25-33/h1-27H. The smallest absolute Gasteiger partial charge is 0.0462 e. The average molecular weight is 498 g/mol. The van der Waals surface area contributed by atoms with Gasteiger partial charge in [-0.2, -0.15) is 0 Å². The van der Waals surface area contributed by atoms with Crippen LogP contribution < -0.4 is 4.90 Å². The van der Waals surface area contributed by atoms with Crippen LogP contribution in [0.5, 0.6) is 0 Å². The summed E-state index contributed by atoms with van der Waals surface area (Å²) >= 11 is 0. The fraction of sp³-hybridized carbons (Fsp3) is 0. The van der Waals surface area contributed by atoms with E-state index in [9.17, 15) is 0 Å². The minimum Gasteiger partial charge on any atom is -0.311 e. The van der Waals surface area contributed by atoms with E-state index in [1.807, 2.05) is 0 Å². The van der Waals surface area contributed by atoms with Gasteiger partial charge in [0, 0.05) is 17.1 Å². The van der Waals surface area contributed by atoms with Gasteiger partial charge in [0.1, 0.15) is 0 Å². The molecule has 0 heterocycles. The maximum atomic E-state index is 2.34. The first-order valence-corrected chi connectivity index (χ1v) is 13.4. The van der Waals surface area contributed by atoms with Crippen LogP contribution in [-0.4, -0.2) is 0 Å². The molecule has 0 N–H and O–H groups in total. The van der Waals surface area contributed by atoms with Crippen LogP contribution >= 0.6 is 0 Å². The van der Waals surface area contributed by atoms with Crippen LogP contribution in [0.25, 0.3) is 43.8 Å². The molecule has 0 aliphatic carbocycles. The first-order valence-electron chi connectivity index (χ1n) is 13.4. The molecular formula is C38H27N. The number of para-hydroxylation sites is 2. The fourth-order valence-corrected chi connectivity index (χ4v) is 5.47. The lowest BCUT2D eigenvalue weighted by atomic mass is 9.90. The quantitative estimate of drug-likeness (QED) is 0.229. The molecule has 39 heavy (non-hydrogen) atoms. The topological polar surface area (TPSA) is 3.24 Å². The van der Waals surface area contributed by atoms with Gasteiger partial charge in [0.2, 0.25) is 0 Å². The number of benzene rings is 7. The number of hydrogen-bond donors (Lipinski definition) is 0. The molecule has 0 amide bonds. The van der Waals surface area contributed by atoms with Crippen molar-refractivity contribution in [3.8, 4) is 22.3 Å². The lowest BCUT2D eigenvalue weighted by Gasteiger charge is -2.25. The molecule has 0 fully saturated rings. The van der Waals surface area contributed by atoms with Gasteiger partial charge in [-0.25, -0.2) is 0 Å². The summed E-state index contributed by atoms with van der Waals surface area (Å²) in [5.74, 6) is 0. The maximum absolute atomic E-state index is 2.34. The number of hydrogen-bond acceptors (Lipinski definition) is 1. The highest BCUT2D eigenvalue weighted by Crippen LogP contribution is 2.39. The molecule has 0 saturated carbocycles. The Morgan fingerprint density at radius 3 is 1.26 bits per heavy atom. The average Bonchev–Trinajstić information content (AvgIpc) is 3.02. The normalized spacial score (nSPS) is 11.1. The van der Waals surface area contributed by atoms with Gasteiger partial charge in [0.25, 0.3) is 0 Å². The first kappa shape index (κ1) is 23.0. The lowest BCUT2D eigenvalue weighted by molar-refractivity contribution is 1.28. The van der Waals surface area contributed by atoms with Crippen LogP contribution in [0.4, 0.5) is 17.1 Å². The van der Waals surface area contributed by atoms with Crippen molar-refractivity contribution in [3.05, 3.63) is 164 Å². The monoisotopic (exact) mass is 497 g/mol. The molecule has 0 saturated heterocycles. The van der Waals surface area contributed by atoms with Gasteiger partial charge in [-0.15, -0.1) is 0 Å². The van der Waals surface area contributed by atoms with Gasteiger partial charge in [0.05, 0.1) is 0 Å². The zero-order valence-corrected chi connectivity index (χ0v) is 21.5. The third-order valence-electron chi connectivity index (χ3n) is 7.41. The van der Waals surface area contributed by atoms with Crippen molar-refractivity contribution < 1.29 is 0 Å². The summed E-state index contributed by atoms with van der Waals surface area (Å²) < 4.78 is 0. The molecule has 1 heteroatoms. The van der Waals surface area contributed by atoms with Crippen molar-refractivity contribution in [2.45, 2.75) is 0 Å². The Hall–Kier alpha value is -5.14. The van der Waals surface area contributed by atoms with Crippen LogP contribution in [0.3, 0.4) is 0 Å². The first-order chi connectivity index (χ1) is 19.3. The highest BCUT2D eigenvalue weighted by Gasteiger charge is 2.14. The molecule has 0 aliphatic heterocycles. The minimum absolute atomic E-state index is 1.13. The van der Waals surface area contributed by atoms with E-state index in [0.29, 0.717) is 0 Å². The van der Waals surface area contributed by atoms with E-state index in [0.717, 1.165) is 17.1 Å². The maximum Gasteiger partial charge on any atom is 0.0462 e. The Balaban J connectivity index is 1.37. The van der Waals surface area contributed by atoms with Gasteiger partial charge >= 0.3 is 0 Å². The van der Waals surface area contributed by atoms with Gasteiger partial charge in [0.15, 0.2) is 0 Å². The molecular weight excluding hydrogens is 470 g/mol. The van der Waals surface area contributed by atoms with Gasteiger partial charge in [-0.05, 0) is 98.4 Å². The summed E-state index contributed by atoms with van der Waals surface area (Å²) in [6.45, 7) is 0. The third-order valence-corrected chi connectivity index (χ3v) is 7.41. The van der Waals surface area contributed by atoms with Crippen molar-refractivity contribution in [2.24, 2.45) is 0 Å². The summed E-state index contributed by atoms with van der Waals surface area (Å²) in [6, 6.07) is 58.7. The number of rotatable bonds is 5. The number of nitrogens with zero attached hydrogens (tertiary/aromatic N) is 1. The molecule has 7 aromatic rings. The predicted molar refractivity (Wildman–Crippen MR) is 167 cm³/mol. The van der Waals surface area contributed by atoms with E-state index in [4.69, 9.17) is 0 Å². The van der Waals surface area contributed by atoms with Gasteiger partial charge in [-0.3, -0.25) is 0 Å². The number of anilines is 3. The Morgan fingerprint density at radius 1 is 0.282 bits per heavy atom. The summed E-state index contributed by atoms with van der Waals surface area (Å²) in [4.78, 5) is 2.30. The highest BCUT2D eigenvalue weighted by atomic mass is 15.1. The molecule has 0 spiro atoms. The van der Waals surface area contributed by atoms with Gasteiger partial charge < -0.3 is 4.90 Å². The van der Waals surface area contributed by atoms with Crippen molar-refractivity contribution >= 4 is 38.6 Å². The third kappa shape index (κ3) is 4.45. The summed E-state index contributed by atoms with van der Waals surface area (Å²) in [7, 11) is 0. The summed E-state index contributed by atoms with van der Waals surface area (Å²) in [6.07, 6.45) is 0. The molecule has 0 bridgehead atoms. The van der Waals surface area contributed by atoms with E-state index >= 15 is 0 Å². The predicted octanol–water partition coefficient (Wildman–Crippen LogP) is 10.8. The highest BCUT2D eigenvalue weighted by molar-refractivity contribution is 5.98. The van der Waals surface area contributed by atoms with Crippen molar-refractivity contribution in [3.63, 3.8) is 0 Å². The molecule has 0 radical (unpaired) electrons. The van der Waals surface area contributed by atoms with Crippen LogP contribution in [0, 0.1) is 0 Å². The Bertz CT molecular complexity index is 1850. The number of fused-ring (bicyclic) bond motifs is 2. The lowest BCUT2D eigenvalue weighted by Crippen LogP contribution is -2.09. The molecule has 0 atom stereocenters. The Labute approximate surface area is 229 Å². The van der Waals surface area contributed by atoms with Crippen molar-refractivity contribution in [1.29, 1.82) is 0 Å². The zero-order chi connectivity index (χ0) is 26.0. The van der Waals surface area contributed by atoms with E-state index in [2.05, 4.69) is 169 Å². The Kier molecular flexibility index (Phi) is 5.88. The molecule has 0 aliphatic rings. The van der Waals surface area contributed by atoms with E-state index < -0.39 is 0 Å². The largest absolute Gasteiger partial charge is 0.311 e. The van der Waals surface area contributed by atoms with Crippen molar-refractivity contribution in [2.75, 3.05) is 4.90 Å². The second kappa shape index (κ2) is 9.96. The van der Waals surface area contributed by atoms with Crippen LogP contribution in [-0.2, 0) is 0 Å². The summed E-state index contributed by atoms with van der Waals surface area (Å²) in [5, 5.41) is 5.01. The fourth-order valence-electron chi connectivity index (χ4n) is 5.47. The minimum atomic E-state index is 1.13. The van der Waals surface area contributed by atoms with E-state index in [1.54, 1.807) is 0 Å². The SMILES string of the molecule is c1ccc(N(c2ccccc2)c2ccc(-c3cc4ccccc4cc3-c3ccc4ccccc4c3)cc2)cc1. The van der Waals surface area contributed by atoms with E-state index in [-0.39, 0.29) is 0 Å². The molecule has 184 valence electrons. The van der Waals surface area contributed by atoms with Crippen LogP contribution in [0.2, 0.25) is 0 Å². The van der Waals surface area contributed by atoms with Crippen LogP contribution in [0.15, 0.2) is 164 Å². The Morgan fingerprint density at radius 2 is 0.692 bits per heavy atom. The molecule has 1 nitrogen and oxygen atoms in total. The second-order valence-electron chi connectivity index (χ2n) is 9.86. The molecule has 7 aromatic carbocycles. The van der Waals surface area contributed by atoms with Crippen LogP contribution in [0.1, 0.15) is 0 Å². The molecule has 0 aromatic heterocycles. The zero-order valence-electron chi connectivity index (χ0n) is 21.5. The summed E-state index contributed by atoms with van der Waals surface area (Å²) in [5.41, 5.74) is 8.32.